The molecule has 1 fully saturated rings. The molecule has 2 aromatic heterocycles. The minimum absolute atomic E-state index is 0.180. The van der Waals surface area contributed by atoms with Crippen LogP contribution in [0.1, 0.15) is 51.6 Å². The van der Waals surface area contributed by atoms with Gasteiger partial charge in [-0.15, -0.1) is 0 Å². The molecule has 1 aliphatic rings. The molecule has 0 unspecified atom stereocenters. The second kappa shape index (κ2) is 7.72. The molecular weight excluding hydrogens is 355 g/mol. The lowest BCUT2D eigenvalue weighted by Crippen LogP contribution is -2.27. The van der Waals surface area contributed by atoms with Crippen LogP contribution in [0.4, 0.5) is 4.39 Å². The molecule has 0 bridgehead atoms. The van der Waals surface area contributed by atoms with Gasteiger partial charge in [0.05, 0.1) is 5.69 Å². The second-order valence-corrected chi connectivity index (χ2v) is 7.54. The number of halogens is 1. The molecule has 0 saturated carbocycles. The van der Waals surface area contributed by atoms with E-state index < -0.39 is 0 Å². The number of pyridine rings is 1. The zero-order chi connectivity index (χ0) is 19.7. The van der Waals surface area contributed by atoms with E-state index in [1.54, 1.807) is 10.5 Å². The van der Waals surface area contributed by atoms with Crippen molar-refractivity contribution in [2.45, 2.75) is 39.2 Å². The van der Waals surface area contributed by atoms with Gasteiger partial charge in [0, 0.05) is 12.7 Å². The number of hydrogen-bond donors (Lipinski definition) is 2. The summed E-state index contributed by atoms with van der Waals surface area (Å²) < 4.78 is 16.4. The number of fused-ring (bicyclic) bond motifs is 1. The Kier molecular flexibility index (Phi) is 5.13. The van der Waals surface area contributed by atoms with Gasteiger partial charge in [-0.25, -0.2) is 9.37 Å². The first kappa shape index (κ1) is 18.6. The third-order valence-electron chi connectivity index (χ3n) is 5.47. The number of rotatable bonds is 4. The van der Waals surface area contributed by atoms with Crippen molar-refractivity contribution in [2.24, 2.45) is 0 Å². The summed E-state index contributed by atoms with van der Waals surface area (Å²) in [5.41, 5.74) is 4.57. The zero-order valence-corrected chi connectivity index (χ0v) is 16.3. The van der Waals surface area contributed by atoms with Crippen molar-refractivity contribution < 1.29 is 9.18 Å². The van der Waals surface area contributed by atoms with E-state index in [9.17, 15) is 9.18 Å². The summed E-state index contributed by atoms with van der Waals surface area (Å²) >= 11 is 0. The van der Waals surface area contributed by atoms with Crippen LogP contribution < -0.4 is 10.6 Å². The molecule has 0 radical (unpaired) electrons. The van der Waals surface area contributed by atoms with Gasteiger partial charge in [0.15, 0.2) is 0 Å². The van der Waals surface area contributed by atoms with Crippen LogP contribution in [0.3, 0.4) is 0 Å². The summed E-state index contributed by atoms with van der Waals surface area (Å²) in [5.74, 6) is -0.119. The third kappa shape index (κ3) is 3.64. The quantitative estimate of drug-likeness (QED) is 0.729. The summed E-state index contributed by atoms with van der Waals surface area (Å²) in [7, 11) is 0. The number of aromatic nitrogens is 2. The summed E-state index contributed by atoms with van der Waals surface area (Å²) in [6.45, 7) is 5.96. The molecule has 0 spiro atoms. The van der Waals surface area contributed by atoms with Crippen LogP contribution >= 0.6 is 0 Å². The molecule has 5 nitrogen and oxygen atoms in total. The molecule has 3 aromatic rings. The Morgan fingerprint density at radius 3 is 2.79 bits per heavy atom. The Hall–Kier alpha value is -2.73. The van der Waals surface area contributed by atoms with Gasteiger partial charge in [0.25, 0.3) is 5.91 Å². The fourth-order valence-corrected chi connectivity index (χ4v) is 3.95. The van der Waals surface area contributed by atoms with Gasteiger partial charge in [-0.1, -0.05) is 12.1 Å². The van der Waals surface area contributed by atoms with E-state index >= 15 is 0 Å². The highest BCUT2D eigenvalue weighted by Crippen LogP contribution is 2.28. The number of nitrogens with one attached hydrogen (secondary N) is 2. The molecule has 4 rings (SSSR count). The zero-order valence-electron chi connectivity index (χ0n) is 16.3. The average Bonchev–Trinajstić information content (AvgIpc) is 3.01. The molecule has 6 heteroatoms. The smallest absolute Gasteiger partial charge is 0.270 e. The fourth-order valence-electron chi connectivity index (χ4n) is 3.95. The normalized spacial score (nSPS) is 15.1. The lowest BCUT2D eigenvalue weighted by Gasteiger charge is -2.23. The minimum atomic E-state index is -0.211. The van der Waals surface area contributed by atoms with Crippen molar-refractivity contribution in [2.75, 3.05) is 13.1 Å². The van der Waals surface area contributed by atoms with Crippen molar-refractivity contribution in [1.29, 1.82) is 0 Å². The van der Waals surface area contributed by atoms with E-state index in [1.807, 2.05) is 44.3 Å². The second-order valence-electron chi connectivity index (χ2n) is 7.54. The number of nitrogens with zero attached hydrogens (tertiary/aromatic N) is 2. The maximum absolute atomic E-state index is 14.6. The largest absolute Gasteiger partial charge is 0.347 e. The summed E-state index contributed by atoms with van der Waals surface area (Å²) in [4.78, 5) is 17.2. The van der Waals surface area contributed by atoms with Crippen molar-refractivity contribution in [1.82, 2.24) is 20.0 Å². The number of carbonyl (C=O) groups is 1. The lowest BCUT2D eigenvalue weighted by atomic mass is 9.89. The molecule has 28 heavy (non-hydrogen) atoms. The fraction of sp³-hybridized carbons (Fsp3) is 0.364. The monoisotopic (exact) mass is 380 g/mol. The average molecular weight is 380 g/mol. The van der Waals surface area contributed by atoms with E-state index in [1.165, 1.54) is 0 Å². The van der Waals surface area contributed by atoms with Gasteiger partial charge in [-0.2, -0.15) is 0 Å². The van der Waals surface area contributed by atoms with Crippen molar-refractivity contribution in [3.63, 3.8) is 0 Å². The predicted molar refractivity (Wildman–Crippen MR) is 107 cm³/mol. The number of amides is 1. The number of imidazole rings is 1. The van der Waals surface area contributed by atoms with Gasteiger partial charge >= 0.3 is 0 Å². The van der Waals surface area contributed by atoms with Gasteiger partial charge in [0.2, 0.25) is 0 Å². The molecule has 1 saturated heterocycles. The van der Waals surface area contributed by atoms with E-state index in [4.69, 9.17) is 0 Å². The van der Waals surface area contributed by atoms with Gasteiger partial charge in [-0.3, -0.25) is 9.20 Å². The number of piperidine rings is 1. The Morgan fingerprint density at radius 1 is 1.25 bits per heavy atom. The first-order valence-electron chi connectivity index (χ1n) is 9.75. The van der Waals surface area contributed by atoms with E-state index in [0.29, 0.717) is 11.4 Å². The molecular formula is C22H25FN4O. The highest BCUT2D eigenvalue weighted by Gasteiger charge is 2.19. The summed E-state index contributed by atoms with van der Waals surface area (Å²) in [6, 6.07) is 9.21. The molecule has 0 atom stereocenters. The summed E-state index contributed by atoms with van der Waals surface area (Å²) in [5, 5.41) is 6.20. The van der Waals surface area contributed by atoms with E-state index in [2.05, 4.69) is 15.6 Å². The number of benzene rings is 1. The summed E-state index contributed by atoms with van der Waals surface area (Å²) in [6.07, 6.45) is 3.77. The molecule has 1 aliphatic heterocycles. The van der Waals surface area contributed by atoms with Gasteiger partial charge in [-0.05, 0) is 80.6 Å². The van der Waals surface area contributed by atoms with E-state index in [-0.39, 0.29) is 24.2 Å². The Morgan fingerprint density at radius 2 is 2.04 bits per heavy atom. The highest BCUT2D eigenvalue weighted by molar-refractivity contribution is 5.94. The van der Waals surface area contributed by atoms with Gasteiger partial charge in [0.1, 0.15) is 17.2 Å². The van der Waals surface area contributed by atoms with Crippen LogP contribution in [0.15, 0.2) is 36.5 Å². The minimum Gasteiger partial charge on any atom is -0.347 e. The van der Waals surface area contributed by atoms with Crippen molar-refractivity contribution in [3.05, 3.63) is 70.4 Å². The number of hydrogen-bond acceptors (Lipinski definition) is 3. The number of carbonyl (C=O) groups excluding carboxylic acids is 1. The molecule has 3 heterocycles. The molecule has 1 aromatic carbocycles. The molecule has 146 valence electrons. The van der Waals surface area contributed by atoms with Crippen LogP contribution in [0, 0.1) is 19.7 Å². The van der Waals surface area contributed by atoms with Crippen LogP contribution in [-0.4, -0.2) is 28.4 Å². The Bertz CT molecular complexity index is 1020. The van der Waals surface area contributed by atoms with E-state index in [0.717, 1.165) is 48.3 Å². The lowest BCUT2D eigenvalue weighted by molar-refractivity contribution is 0.0944. The predicted octanol–water partition coefficient (Wildman–Crippen LogP) is 3.49. The Balaban J connectivity index is 1.48. The first-order chi connectivity index (χ1) is 13.5. The van der Waals surface area contributed by atoms with Crippen molar-refractivity contribution >= 4 is 11.6 Å². The number of aryl methyl sites for hydroxylation is 2. The topological polar surface area (TPSA) is 58.4 Å². The molecule has 2 N–H and O–H groups in total. The standard InChI is InChI=1S/C22H25FN4O/c1-14-7-10-27-20(11-14)26-15(2)21(27)22(28)25-13-16-3-4-18(19(23)12-16)17-5-8-24-9-6-17/h3-4,7,10-12,17,24H,5-6,8-9,13H2,1-2H3,(H,25,28). The van der Waals surface area contributed by atoms with Crippen LogP contribution in [0.2, 0.25) is 0 Å². The maximum Gasteiger partial charge on any atom is 0.270 e. The van der Waals surface area contributed by atoms with Crippen LogP contribution in [0.5, 0.6) is 0 Å². The van der Waals surface area contributed by atoms with Gasteiger partial charge < -0.3 is 10.6 Å². The van der Waals surface area contributed by atoms with Crippen LogP contribution in [0.25, 0.3) is 5.65 Å². The molecule has 0 aliphatic carbocycles. The van der Waals surface area contributed by atoms with Crippen molar-refractivity contribution in [3.8, 4) is 0 Å². The third-order valence-corrected chi connectivity index (χ3v) is 5.47. The molecule has 1 amide bonds. The first-order valence-corrected chi connectivity index (χ1v) is 9.75. The SMILES string of the molecule is Cc1ccn2c(C(=O)NCc3ccc(C4CCNCC4)c(F)c3)c(C)nc2c1. The maximum atomic E-state index is 14.6. The van der Waals surface area contributed by atoms with Crippen LogP contribution in [-0.2, 0) is 6.54 Å². The highest BCUT2D eigenvalue weighted by atomic mass is 19.1. The Labute approximate surface area is 164 Å².